The quantitative estimate of drug-likeness (QED) is 0.495. The zero-order valence-corrected chi connectivity index (χ0v) is 20.8. The molecular weight excluding hydrogens is 444 g/mol. The van der Waals surface area contributed by atoms with Crippen molar-refractivity contribution < 1.29 is 14.7 Å². The number of benzene rings is 2. The van der Waals surface area contributed by atoms with E-state index in [1.54, 1.807) is 16.2 Å². The first-order valence-corrected chi connectivity index (χ1v) is 12.8. The monoisotopic (exact) mass is 476 g/mol. The highest BCUT2D eigenvalue weighted by atomic mass is 32.1. The van der Waals surface area contributed by atoms with Crippen LogP contribution in [0.1, 0.15) is 49.4 Å². The maximum Gasteiger partial charge on any atom is 0.231 e. The molecule has 178 valence electrons. The van der Waals surface area contributed by atoms with Crippen LogP contribution in [0.3, 0.4) is 0 Å². The van der Waals surface area contributed by atoms with Gasteiger partial charge >= 0.3 is 0 Å². The zero-order valence-electron chi connectivity index (χ0n) is 20.0. The topological polar surface area (TPSA) is 70.5 Å². The highest BCUT2D eigenvalue weighted by Crippen LogP contribution is 2.31. The van der Waals surface area contributed by atoms with Crippen LogP contribution in [0, 0.1) is 12.8 Å². The van der Waals surface area contributed by atoms with Crippen molar-refractivity contribution in [2.75, 3.05) is 6.54 Å². The standard InChI is InChI=1S/C28H32N2O3S/c1-18(2)26(21-7-5-4-6-8-21)28(33)30-16-23(31)15-24(30)25(32)14-11-20-9-12-22(13-10-20)27-19(3)29-17-34-27/h4-10,12-13,17-18,23-24,26,31H,11,14-16H2,1-3H3/t23-,24+,26-/m1/s1. The van der Waals surface area contributed by atoms with Crippen molar-refractivity contribution in [1.82, 2.24) is 9.88 Å². The van der Waals surface area contributed by atoms with Gasteiger partial charge in [-0.2, -0.15) is 0 Å². The van der Waals surface area contributed by atoms with Crippen LogP contribution < -0.4 is 0 Å². The van der Waals surface area contributed by atoms with Crippen molar-refractivity contribution in [2.45, 2.75) is 58.1 Å². The molecule has 6 heteroatoms. The molecule has 1 aliphatic rings. The lowest BCUT2D eigenvalue weighted by molar-refractivity contribution is -0.139. The number of likely N-dealkylation sites (tertiary alicyclic amines) is 1. The number of hydrogen-bond donors (Lipinski definition) is 1. The van der Waals surface area contributed by atoms with Gasteiger partial charge in [0.25, 0.3) is 0 Å². The predicted molar refractivity (Wildman–Crippen MR) is 136 cm³/mol. The summed E-state index contributed by atoms with van der Waals surface area (Å²) in [6, 6.07) is 17.4. The van der Waals surface area contributed by atoms with E-state index in [1.807, 2.05) is 56.6 Å². The second-order valence-electron chi connectivity index (χ2n) is 9.46. The molecule has 1 amide bonds. The van der Waals surface area contributed by atoms with E-state index in [2.05, 4.69) is 29.2 Å². The van der Waals surface area contributed by atoms with Gasteiger partial charge in [0.2, 0.25) is 5.91 Å². The number of ketones is 1. The van der Waals surface area contributed by atoms with Gasteiger partial charge in [0.1, 0.15) is 0 Å². The molecule has 2 aromatic carbocycles. The number of rotatable bonds is 8. The van der Waals surface area contributed by atoms with Crippen LogP contribution in [0.15, 0.2) is 60.1 Å². The van der Waals surface area contributed by atoms with Crippen molar-refractivity contribution in [1.29, 1.82) is 0 Å². The molecule has 5 nitrogen and oxygen atoms in total. The second-order valence-corrected chi connectivity index (χ2v) is 10.3. The summed E-state index contributed by atoms with van der Waals surface area (Å²) in [7, 11) is 0. The van der Waals surface area contributed by atoms with E-state index in [9.17, 15) is 14.7 Å². The Bertz CT molecular complexity index is 1120. The van der Waals surface area contributed by atoms with Crippen molar-refractivity contribution >= 4 is 23.0 Å². The molecule has 1 aromatic heterocycles. The smallest absolute Gasteiger partial charge is 0.231 e. The van der Waals surface area contributed by atoms with Gasteiger partial charge in [-0.1, -0.05) is 68.4 Å². The van der Waals surface area contributed by atoms with Gasteiger partial charge in [0.05, 0.1) is 34.1 Å². The molecule has 0 saturated carbocycles. The van der Waals surface area contributed by atoms with Crippen molar-refractivity contribution in [3.8, 4) is 10.4 Å². The highest BCUT2D eigenvalue weighted by molar-refractivity contribution is 7.13. The van der Waals surface area contributed by atoms with E-state index < -0.39 is 12.1 Å². The SMILES string of the molecule is Cc1ncsc1-c1ccc(CCC(=O)[C@@H]2C[C@@H](O)CN2C(=O)[C@@H](c2ccccc2)C(C)C)cc1. The van der Waals surface area contributed by atoms with E-state index in [4.69, 9.17) is 0 Å². The van der Waals surface area contributed by atoms with Crippen molar-refractivity contribution in [2.24, 2.45) is 5.92 Å². The number of nitrogens with zero attached hydrogens (tertiary/aromatic N) is 2. The van der Waals surface area contributed by atoms with Gasteiger partial charge in [-0.15, -0.1) is 11.3 Å². The summed E-state index contributed by atoms with van der Waals surface area (Å²) in [4.78, 5) is 33.9. The Balaban J connectivity index is 1.43. The van der Waals surface area contributed by atoms with Crippen LogP contribution in [-0.4, -0.2) is 45.4 Å². The highest BCUT2D eigenvalue weighted by Gasteiger charge is 2.41. The Labute approximate surface area is 205 Å². The summed E-state index contributed by atoms with van der Waals surface area (Å²) in [6.07, 6.45) is 0.608. The Hall–Kier alpha value is -2.83. The van der Waals surface area contributed by atoms with E-state index in [0.717, 1.165) is 27.3 Å². The fourth-order valence-corrected chi connectivity index (χ4v) is 5.66. The number of hydrogen-bond acceptors (Lipinski definition) is 5. The number of aromatic nitrogens is 1. The van der Waals surface area contributed by atoms with Crippen LogP contribution in [0.25, 0.3) is 10.4 Å². The Morgan fingerprint density at radius 3 is 2.44 bits per heavy atom. The molecule has 0 bridgehead atoms. The molecule has 0 radical (unpaired) electrons. The number of carbonyl (C=O) groups is 2. The fourth-order valence-electron chi connectivity index (χ4n) is 4.85. The average Bonchev–Trinajstić information content (AvgIpc) is 3.44. The molecular formula is C28H32N2O3S. The second kappa shape index (κ2) is 10.6. The van der Waals surface area contributed by atoms with E-state index in [1.165, 1.54) is 0 Å². The molecule has 0 aliphatic carbocycles. The number of carbonyl (C=O) groups excluding carboxylic acids is 2. The van der Waals surface area contributed by atoms with Crippen molar-refractivity contribution in [3.05, 3.63) is 76.9 Å². The van der Waals surface area contributed by atoms with Crippen LogP contribution in [0.5, 0.6) is 0 Å². The maximum atomic E-state index is 13.6. The number of Topliss-reactive ketones (excluding diaryl/α,β-unsaturated/α-hetero) is 1. The Kier molecular flexibility index (Phi) is 7.59. The minimum Gasteiger partial charge on any atom is -0.391 e. The number of β-amino-alcohol motifs (C(OH)–C–C–N with tert-alkyl or cyclic N) is 1. The summed E-state index contributed by atoms with van der Waals surface area (Å²) in [5.41, 5.74) is 6.03. The molecule has 4 rings (SSSR count). The number of aryl methyl sites for hydroxylation is 2. The predicted octanol–water partition coefficient (Wildman–Crippen LogP) is 5.02. The van der Waals surface area contributed by atoms with Crippen LogP contribution in [-0.2, 0) is 16.0 Å². The Morgan fingerprint density at radius 2 is 1.82 bits per heavy atom. The zero-order chi connectivity index (χ0) is 24.2. The van der Waals surface area contributed by atoms with Gasteiger partial charge in [0, 0.05) is 19.4 Å². The van der Waals surface area contributed by atoms with E-state index in [0.29, 0.717) is 19.3 Å². The number of aliphatic hydroxyl groups excluding tert-OH is 1. The normalized spacial score (nSPS) is 18.9. The summed E-state index contributed by atoms with van der Waals surface area (Å²) in [5.74, 6) is -0.295. The molecule has 2 heterocycles. The molecule has 0 unspecified atom stereocenters. The lowest BCUT2D eigenvalue weighted by Gasteiger charge is -2.30. The largest absolute Gasteiger partial charge is 0.391 e. The first-order chi connectivity index (χ1) is 16.3. The third-order valence-electron chi connectivity index (χ3n) is 6.65. The third kappa shape index (κ3) is 5.29. The van der Waals surface area contributed by atoms with Gasteiger partial charge in [-0.05, 0) is 36.0 Å². The van der Waals surface area contributed by atoms with Gasteiger partial charge < -0.3 is 10.0 Å². The summed E-state index contributed by atoms with van der Waals surface area (Å²) in [6.45, 7) is 6.27. The van der Waals surface area contributed by atoms with Gasteiger partial charge in [-0.3, -0.25) is 9.59 Å². The lowest BCUT2D eigenvalue weighted by atomic mass is 9.87. The number of aliphatic hydroxyl groups is 1. The van der Waals surface area contributed by atoms with Crippen LogP contribution in [0.2, 0.25) is 0 Å². The van der Waals surface area contributed by atoms with Crippen LogP contribution in [0.4, 0.5) is 0 Å². The molecule has 1 saturated heterocycles. The number of amides is 1. The molecule has 1 N–H and O–H groups in total. The number of thiazole rings is 1. The first-order valence-electron chi connectivity index (χ1n) is 11.9. The first kappa shape index (κ1) is 24.3. The fraction of sp³-hybridized carbons (Fsp3) is 0.393. The van der Waals surface area contributed by atoms with Crippen molar-refractivity contribution in [3.63, 3.8) is 0 Å². The summed E-state index contributed by atoms with van der Waals surface area (Å²) >= 11 is 1.62. The molecule has 1 aliphatic heterocycles. The molecule has 0 spiro atoms. The molecule has 3 atom stereocenters. The maximum absolute atomic E-state index is 13.6. The van der Waals surface area contributed by atoms with E-state index in [-0.39, 0.29) is 30.1 Å². The van der Waals surface area contributed by atoms with E-state index >= 15 is 0 Å². The van der Waals surface area contributed by atoms with Crippen LogP contribution >= 0.6 is 11.3 Å². The summed E-state index contributed by atoms with van der Waals surface area (Å²) in [5, 5.41) is 10.3. The van der Waals surface area contributed by atoms with Gasteiger partial charge in [0.15, 0.2) is 5.78 Å². The minimum absolute atomic E-state index is 0.0165. The average molecular weight is 477 g/mol. The summed E-state index contributed by atoms with van der Waals surface area (Å²) < 4.78 is 0. The minimum atomic E-state index is -0.664. The molecule has 1 fully saturated rings. The Morgan fingerprint density at radius 1 is 1.12 bits per heavy atom. The lowest BCUT2D eigenvalue weighted by Crippen LogP contribution is -2.44. The molecule has 3 aromatic rings. The van der Waals surface area contributed by atoms with Gasteiger partial charge in [-0.25, -0.2) is 4.98 Å². The third-order valence-corrected chi connectivity index (χ3v) is 7.62. The molecule has 34 heavy (non-hydrogen) atoms.